The fraction of sp³-hybridized carbons (Fsp3) is 0.667. The SMILES string of the molecule is COC(=O)N[C@H](C(=O)N1[C@H](c2ncc(-c3ccc(C45CCC(c6cnc([C@@H]7CSC8(CCOCC8)N7C(=O)[C@@H](NC(=O)OC)C(C)C)[nH]6)(CC4)CC5)cc3)[nH]2)CSC12CCOCC2)C(C)C. The second-order valence-electron chi connectivity index (χ2n) is 19.9. The lowest BCUT2D eigenvalue weighted by Gasteiger charge is -2.53. The first-order chi connectivity index (χ1) is 31.8. The highest BCUT2D eigenvalue weighted by Gasteiger charge is 2.56. The number of hydrogen-bond acceptors (Lipinski definition) is 12. The van der Waals surface area contributed by atoms with Crippen molar-refractivity contribution in [1.82, 2.24) is 40.4 Å². The molecule has 4 saturated heterocycles. The van der Waals surface area contributed by atoms with Crippen molar-refractivity contribution < 1.29 is 38.1 Å². The van der Waals surface area contributed by atoms with Gasteiger partial charge in [-0.05, 0) is 66.9 Å². The summed E-state index contributed by atoms with van der Waals surface area (Å²) in [5.74, 6) is 2.44. The van der Waals surface area contributed by atoms with Crippen molar-refractivity contribution in [2.24, 2.45) is 11.8 Å². The van der Waals surface area contributed by atoms with Crippen molar-refractivity contribution in [3.05, 3.63) is 59.6 Å². The first-order valence-corrected chi connectivity index (χ1v) is 25.7. The third kappa shape index (κ3) is 8.39. The average Bonchev–Trinajstić information content (AvgIpc) is 4.17. The number of thioether (sulfide) groups is 2. The smallest absolute Gasteiger partial charge is 0.407 e. The molecular weight excluding hydrogens is 881 g/mol. The molecule has 2 bridgehead atoms. The molecule has 7 fully saturated rings. The van der Waals surface area contributed by atoms with Crippen molar-refractivity contribution in [2.75, 3.05) is 52.2 Å². The molecular formula is C48H66N8O8S2. The number of carbonyl (C=O) groups is 4. The second kappa shape index (κ2) is 18.7. The number of alkyl carbamates (subject to hydrolysis) is 2. The molecule has 4 amide bonds. The minimum atomic E-state index is -0.743. The predicted octanol–water partition coefficient (Wildman–Crippen LogP) is 7.35. The molecule has 2 aromatic heterocycles. The van der Waals surface area contributed by atoms with Gasteiger partial charge in [0.25, 0.3) is 0 Å². The Bertz CT molecular complexity index is 2230. The summed E-state index contributed by atoms with van der Waals surface area (Å²) in [6.07, 6.45) is 11.9. The van der Waals surface area contributed by atoms with E-state index < -0.39 is 34.0 Å². The molecule has 66 heavy (non-hydrogen) atoms. The molecule has 6 heterocycles. The molecule has 0 unspecified atom stereocenters. The summed E-state index contributed by atoms with van der Waals surface area (Å²) < 4.78 is 21.3. The van der Waals surface area contributed by atoms with Crippen molar-refractivity contribution in [3.63, 3.8) is 0 Å². The molecule has 3 saturated carbocycles. The van der Waals surface area contributed by atoms with Gasteiger partial charge in [-0.3, -0.25) is 9.59 Å². The zero-order valence-corrected chi connectivity index (χ0v) is 40.7. The second-order valence-corrected chi connectivity index (χ2v) is 22.7. The summed E-state index contributed by atoms with van der Waals surface area (Å²) in [4.78, 5) is 74.2. The minimum Gasteiger partial charge on any atom is -0.453 e. The van der Waals surface area contributed by atoms with Gasteiger partial charge in [-0.25, -0.2) is 19.6 Å². The molecule has 16 nitrogen and oxygen atoms in total. The average molecular weight is 947 g/mol. The summed E-state index contributed by atoms with van der Waals surface area (Å²) in [5, 5.41) is 5.63. The van der Waals surface area contributed by atoms with Crippen LogP contribution in [0.4, 0.5) is 9.59 Å². The van der Waals surface area contributed by atoms with Crippen molar-refractivity contribution in [2.45, 2.75) is 137 Å². The number of ether oxygens (including phenoxy) is 4. The summed E-state index contributed by atoms with van der Waals surface area (Å²) >= 11 is 3.59. The van der Waals surface area contributed by atoms with Crippen LogP contribution in [0.15, 0.2) is 36.7 Å². The summed E-state index contributed by atoms with van der Waals surface area (Å²) in [5.41, 5.74) is 4.58. The van der Waals surface area contributed by atoms with Crippen LogP contribution in [0.3, 0.4) is 0 Å². The highest BCUT2D eigenvalue weighted by molar-refractivity contribution is 8.01. The van der Waals surface area contributed by atoms with Gasteiger partial charge in [0.1, 0.15) is 35.8 Å². The van der Waals surface area contributed by atoms with Gasteiger partial charge < -0.3 is 49.3 Å². The Hall–Kier alpha value is -4.26. The fourth-order valence-corrected chi connectivity index (χ4v) is 14.9. The van der Waals surface area contributed by atoms with E-state index in [1.165, 1.54) is 19.8 Å². The van der Waals surface area contributed by atoms with Gasteiger partial charge >= 0.3 is 12.2 Å². The Balaban J connectivity index is 0.892. The lowest BCUT2D eigenvalue weighted by Crippen LogP contribution is -2.58. The molecule has 3 aromatic rings. The number of aromatic nitrogens is 4. The third-order valence-corrected chi connectivity index (χ3v) is 19.0. The van der Waals surface area contributed by atoms with E-state index in [0.717, 1.165) is 85.7 Å². The Morgan fingerprint density at radius 3 is 1.55 bits per heavy atom. The summed E-state index contributed by atoms with van der Waals surface area (Å²) in [7, 11) is 2.63. The van der Waals surface area contributed by atoms with Crippen LogP contribution in [0, 0.1) is 11.8 Å². The van der Waals surface area contributed by atoms with E-state index in [4.69, 9.17) is 28.9 Å². The van der Waals surface area contributed by atoms with E-state index in [1.54, 1.807) is 11.8 Å². The van der Waals surface area contributed by atoms with E-state index in [0.29, 0.717) is 45.0 Å². The number of imidazole rings is 2. The van der Waals surface area contributed by atoms with Crippen LogP contribution in [0.1, 0.15) is 127 Å². The molecule has 1 aromatic carbocycles. The van der Waals surface area contributed by atoms with Crippen LogP contribution >= 0.6 is 23.5 Å². The number of hydrogen-bond donors (Lipinski definition) is 4. The van der Waals surface area contributed by atoms with Gasteiger partial charge in [-0.15, -0.1) is 23.5 Å². The molecule has 7 aliphatic rings. The largest absolute Gasteiger partial charge is 0.453 e. The van der Waals surface area contributed by atoms with E-state index >= 15 is 0 Å². The molecule has 18 heteroatoms. The van der Waals surface area contributed by atoms with Crippen molar-refractivity contribution >= 4 is 47.5 Å². The van der Waals surface area contributed by atoms with Gasteiger partial charge in [0, 0.05) is 80.9 Å². The first-order valence-electron chi connectivity index (χ1n) is 23.8. The molecule has 4 atom stereocenters. The molecule has 4 N–H and O–H groups in total. The zero-order valence-electron chi connectivity index (χ0n) is 39.1. The highest BCUT2D eigenvalue weighted by Crippen LogP contribution is 2.59. The standard InChI is InChI=1S/C48H66N8O8S2/c1-29(2)37(53-43(59)61-5)41(57)55-34(27-65-47(55)17-21-63-22-18-47)39-49-25-33(51-39)31-7-9-32(10-8-31)45-11-14-46(15-12-45,16-13-45)36-26-50-40(52-36)35-28-66-48(19-23-64-24-20-48)56(35)42(58)38(30(3)4)54-44(60)62-6/h7-10,25-26,29-30,34-35,37-38H,11-24,27-28H2,1-6H3,(H,49,51)(H,50,52)(H,53,59)(H,54,60)/t34-,35-,37-,38-,45?,46?/m0/s1. The molecule has 4 aliphatic heterocycles. The number of H-pyrrole nitrogens is 2. The van der Waals surface area contributed by atoms with Crippen LogP contribution in [0.25, 0.3) is 11.3 Å². The Morgan fingerprint density at radius 1 is 0.652 bits per heavy atom. The topological polar surface area (TPSA) is 193 Å². The lowest BCUT2D eigenvalue weighted by molar-refractivity contribution is -0.143. The maximum absolute atomic E-state index is 14.5. The predicted molar refractivity (Wildman–Crippen MR) is 252 cm³/mol. The van der Waals surface area contributed by atoms with Crippen LogP contribution in [-0.2, 0) is 39.4 Å². The van der Waals surface area contributed by atoms with Gasteiger partial charge in [0.15, 0.2) is 0 Å². The Kier molecular flexibility index (Phi) is 13.3. The minimum absolute atomic E-state index is 0.00466. The molecule has 358 valence electrons. The number of nitrogens with zero attached hydrogens (tertiary/aromatic N) is 4. The van der Waals surface area contributed by atoms with E-state index in [2.05, 4.69) is 44.9 Å². The molecule has 3 aliphatic carbocycles. The number of fused-ring (bicyclic) bond motifs is 3. The van der Waals surface area contributed by atoms with Gasteiger partial charge in [-0.1, -0.05) is 52.0 Å². The highest BCUT2D eigenvalue weighted by atomic mass is 32.2. The van der Waals surface area contributed by atoms with Crippen molar-refractivity contribution in [1.29, 1.82) is 0 Å². The first kappa shape index (κ1) is 46.8. The van der Waals surface area contributed by atoms with Crippen LogP contribution < -0.4 is 10.6 Å². The van der Waals surface area contributed by atoms with E-state index in [1.807, 2.05) is 61.7 Å². The van der Waals surface area contributed by atoms with Crippen LogP contribution in [-0.4, -0.2) is 128 Å². The maximum Gasteiger partial charge on any atom is 0.407 e. The van der Waals surface area contributed by atoms with Crippen molar-refractivity contribution in [3.8, 4) is 11.3 Å². The number of benzene rings is 1. The number of nitrogens with one attached hydrogen (secondary N) is 4. The normalized spacial score (nSPS) is 27.6. The molecule has 2 spiro atoms. The van der Waals surface area contributed by atoms with Gasteiger partial charge in [0.05, 0.1) is 35.9 Å². The maximum atomic E-state index is 14.5. The van der Waals surface area contributed by atoms with Crippen LogP contribution in [0.5, 0.6) is 0 Å². The Labute approximate surface area is 395 Å². The third-order valence-electron chi connectivity index (χ3n) is 15.8. The fourth-order valence-electron chi connectivity index (χ4n) is 11.7. The quantitative estimate of drug-likeness (QED) is 0.150. The number of carbonyl (C=O) groups excluding carboxylic acids is 4. The summed E-state index contributed by atoms with van der Waals surface area (Å²) in [6.45, 7) is 10.1. The lowest BCUT2D eigenvalue weighted by atomic mass is 9.51. The Morgan fingerprint density at radius 2 is 1.09 bits per heavy atom. The zero-order chi connectivity index (χ0) is 46.4. The number of amides is 4. The monoisotopic (exact) mass is 946 g/mol. The van der Waals surface area contributed by atoms with Gasteiger partial charge in [0.2, 0.25) is 11.8 Å². The molecule has 0 radical (unpaired) electrons. The number of aromatic amines is 2. The summed E-state index contributed by atoms with van der Waals surface area (Å²) in [6, 6.07) is 6.96. The van der Waals surface area contributed by atoms with Crippen LogP contribution in [0.2, 0.25) is 0 Å². The number of rotatable bonds is 11. The number of methoxy groups -OCH3 is 2. The van der Waals surface area contributed by atoms with E-state index in [9.17, 15) is 19.2 Å². The van der Waals surface area contributed by atoms with Gasteiger partial charge in [-0.2, -0.15) is 0 Å². The van der Waals surface area contributed by atoms with E-state index in [-0.39, 0.29) is 46.6 Å². The molecule has 10 rings (SSSR count).